The average molecular weight is 504 g/mol. The zero-order chi connectivity index (χ0) is 26.6. The van der Waals surface area contributed by atoms with Crippen molar-refractivity contribution in [1.29, 1.82) is 5.26 Å². The minimum Gasteiger partial charge on any atom is -0.493 e. The van der Waals surface area contributed by atoms with E-state index in [9.17, 15) is 4.79 Å². The molecule has 194 valence electrons. The van der Waals surface area contributed by atoms with Gasteiger partial charge in [0.15, 0.2) is 23.0 Å². The molecule has 0 atom stereocenters. The van der Waals surface area contributed by atoms with Gasteiger partial charge < -0.3 is 29.2 Å². The molecule has 3 aromatic rings. The zero-order valence-electron chi connectivity index (χ0n) is 21.7. The summed E-state index contributed by atoms with van der Waals surface area (Å²) in [4.78, 5) is 15.2. The SMILES string of the molecule is COc1ccc(CCNCCCN(C(=O)c2ccc(C#N)cc2)c2ccc(OC)c(OC)c2)cc1OC. The smallest absolute Gasteiger partial charge is 0.258 e. The first-order valence-corrected chi connectivity index (χ1v) is 12.0. The van der Waals surface area contributed by atoms with Gasteiger partial charge in [-0.1, -0.05) is 6.07 Å². The Morgan fingerprint density at radius 2 is 1.43 bits per heavy atom. The molecule has 3 aromatic carbocycles. The van der Waals surface area contributed by atoms with Gasteiger partial charge in [0.25, 0.3) is 5.91 Å². The molecule has 0 fully saturated rings. The van der Waals surface area contributed by atoms with E-state index >= 15 is 0 Å². The Labute approximate surface area is 218 Å². The highest BCUT2D eigenvalue weighted by molar-refractivity contribution is 6.06. The lowest BCUT2D eigenvalue weighted by molar-refractivity contribution is 0.0986. The van der Waals surface area contributed by atoms with Crippen LogP contribution in [0.4, 0.5) is 5.69 Å². The number of carbonyl (C=O) groups excluding carboxylic acids is 1. The van der Waals surface area contributed by atoms with Crippen molar-refractivity contribution < 1.29 is 23.7 Å². The van der Waals surface area contributed by atoms with Gasteiger partial charge in [0.05, 0.1) is 40.1 Å². The highest BCUT2D eigenvalue weighted by Gasteiger charge is 2.19. The third kappa shape index (κ3) is 7.15. The van der Waals surface area contributed by atoms with Crippen molar-refractivity contribution in [3.8, 4) is 29.1 Å². The molecule has 0 bridgehead atoms. The van der Waals surface area contributed by atoms with Crippen LogP contribution in [-0.2, 0) is 6.42 Å². The van der Waals surface area contributed by atoms with Gasteiger partial charge in [-0.25, -0.2) is 0 Å². The lowest BCUT2D eigenvalue weighted by Gasteiger charge is -2.24. The number of rotatable bonds is 13. The van der Waals surface area contributed by atoms with Crippen molar-refractivity contribution in [2.75, 3.05) is 53.0 Å². The van der Waals surface area contributed by atoms with Crippen LogP contribution in [0.25, 0.3) is 0 Å². The zero-order valence-corrected chi connectivity index (χ0v) is 21.7. The predicted octanol–water partition coefficient (Wildman–Crippen LogP) is 4.46. The maximum atomic E-state index is 13.4. The van der Waals surface area contributed by atoms with Gasteiger partial charge in [0.2, 0.25) is 0 Å². The molecule has 0 heterocycles. The fourth-order valence-corrected chi connectivity index (χ4v) is 3.94. The van der Waals surface area contributed by atoms with E-state index in [0.717, 1.165) is 31.5 Å². The predicted molar refractivity (Wildman–Crippen MR) is 143 cm³/mol. The topological polar surface area (TPSA) is 93.1 Å². The number of nitriles is 1. The van der Waals surface area contributed by atoms with Crippen LogP contribution in [0.5, 0.6) is 23.0 Å². The van der Waals surface area contributed by atoms with Crippen molar-refractivity contribution in [2.24, 2.45) is 0 Å². The Morgan fingerprint density at radius 1 is 0.811 bits per heavy atom. The first-order chi connectivity index (χ1) is 18.0. The van der Waals surface area contributed by atoms with Crippen molar-refractivity contribution in [2.45, 2.75) is 12.8 Å². The van der Waals surface area contributed by atoms with Crippen molar-refractivity contribution >= 4 is 11.6 Å². The second-order valence-corrected chi connectivity index (χ2v) is 8.23. The van der Waals surface area contributed by atoms with Gasteiger partial charge in [0, 0.05) is 23.9 Å². The van der Waals surface area contributed by atoms with E-state index < -0.39 is 0 Å². The molecule has 0 aliphatic rings. The second kappa shape index (κ2) is 13.8. The Balaban J connectivity index is 1.64. The average Bonchev–Trinajstić information content (AvgIpc) is 2.95. The molecule has 0 saturated carbocycles. The first-order valence-electron chi connectivity index (χ1n) is 12.0. The molecular weight excluding hydrogens is 470 g/mol. The minimum absolute atomic E-state index is 0.151. The molecule has 0 aliphatic carbocycles. The number of nitrogens with one attached hydrogen (secondary N) is 1. The van der Waals surface area contributed by atoms with Gasteiger partial charge in [-0.05, 0) is 80.0 Å². The number of carbonyl (C=O) groups is 1. The summed E-state index contributed by atoms with van der Waals surface area (Å²) in [6.07, 6.45) is 1.58. The molecule has 1 N–H and O–H groups in total. The Bertz CT molecular complexity index is 1220. The summed E-state index contributed by atoms with van der Waals surface area (Å²) in [7, 11) is 6.39. The number of methoxy groups -OCH3 is 4. The molecule has 8 heteroatoms. The number of nitrogens with zero attached hydrogens (tertiary/aromatic N) is 2. The van der Waals surface area contributed by atoms with Gasteiger partial charge >= 0.3 is 0 Å². The number of anilines is 1. The van der Waals surface area contributed by atoms with E-state index in [-0.39, 0.29) is 5.91 Å². The maximum absolute atomic E-state index is 13.4. The summed E-state index contributed by atoms with van der Waals surface area (Å²) in [6, 6.07) is 20.1. The fraction of sp³-hybridized carbons (Fsp3) is 0.310. The van der Waals surface area contributed by atoms with Gasteiger partial charge in [-0.15, -0.1) is 0 Å². The molecule has 8 nitrogen and oxygen atoms in total. The largest absolute Gasteiger partial charge is 0.493 e. The van der Waals surface area contributed by atoms with E-state index in [1.807, 2.05) is 24.3 Å². The fourth-order valence-electron chi connectivity index (χ4n) is 3.94. The molecule has 37 heavy (non-hydrogen) atoms. The van der Waals surface area contributed by atoms with Crippen LogP contribution >= 0.6 is 0 Å². The van der Waals surface area contributed by atoms with Gasteiger partial charge in [0.1, 0.15) is 0 Å². The highest BCUT2D eigenvalue weighted by Crippen LogP contribution is 2.32. The molecule has 0 aliphatic heterocycles. The van der Waals surface area contributed by atoms with E-state index in [0.29, 0.717) is 46.4 Å². The Hall–Kier alpha value is -4.22. The molecule has 0 saturated heterocycles. The number of hydrogen-bond acceptors (Lipinski definition) is 7. The van der Waals surface area contributed by atoms with Crippen molar-refractivity contribution in [3.05, 3.63) is 77.4 Å². The maximum Gasteiger partial charge on any atom is 0.258 e. The lowest BCUT2D eigenvalue weighted by atomic mass is 10.1. The number of benzene rings is 3. The van der Waals surface area contributed by atoms with Gasteiger partial charge in [-0.3, -0.25) is 4.79 Å². The third-order valence-electron chi connectivity index (χ3n) is 5.96. The molecular formula is C29H33N3O5. The number of amides is 1. The molecule has 3 rings (SSSR count). The first kappa shape index (κ1) is 27.4. The van der Waals surface area contributed by atoms with Crippen molar-refractivity contribution in [1.82, 2.24) is 5.32 Å². The van der Waals surface area contributed by atoms with Crippen LogP contribution in [0, 0.1) is 11.3 Å². The van der Waals surface area contributed by atoms with E-state index in [2.05, 4.69) is 11.4 Å². The second-order valence-electron chi connectivity index (χ2n) is 8.23. The molecule has 0 aromatic heterocycles. The summed E-state index contributed by atoms with van der Waals surface area (Å²) in [6.45, 7) is 2.02. The van der Waals surface area contributed by atoms with Crippen LogP contribution in [-0.4, -0.2) is 54.0 Å². The summed E-state index contributed by atoms with van der Waals surface area (Å²) in [5.41, 5.74) is 2.87. The Morgan fingerprint density at radius 3 is 2.05 bits per heavy atom. The molecule has 0 radical (unpaired) electrons. The van der Waals surface area contributed by atoms with Crippen LogP contribution in [0.3, 0.4) is 0 Å². The minimum atomic E-state index is -0.151. The molecule has 1 amide bonds. The van der Waals surface area contributed by atoms with E-state index in [1.54, 1.807) is 69.7 Å². The lowest BCUT2D eigenvalue weighted by Crippen LogP contribution is -2.33. The summed E-state index contributed by atoms with van der Waals surface area (Å²) in [5, 5.41) is 12.5. The molecule has 0 spiro atoms. The van der Waals surface area contributed by atoms with Crippen molar-refractivity contribution in [3.63, 3.8) is 0 Å². The highest BCUT2D eigenvalue weighted by atomic mass is 16.5. The van der Waals surface area contributed by atoms with Crippen LogP contribution in [0.15, 0.2) is 60.7 Å². The molecule has 0 unspecified atom stereocenters. The number of hydrogen-bond donors (Lipinski definition) is 1. The van der Waals surface area contributed by atoms with E-state index in [1.165, 1.54) is 0 Å². The quantitative estimate of drug-likeness (QED) is 0.344. The van der Waals surface area contributed by atoms with Crippen LogP contribution in [0.2, 0.25) is 0 Å². The van der Waals surface area contributed by atoms with Crippen LogP contribution in [0.1, 0.15) is 27.9 Å². The van der Waals surface area contributed by atoms with Crippen LogP contribution < -0.4 is 29.2 Å². The normalized spacial score (nSPS) is 10.4. The third-order valence-corrected chi connectivity index (χ3v) is 5.96. The standard InChI is InChI=1S/C29H33N3O5/c1-34-25-12-8-21(18-27(25)36-3)14-16-31-15-5-17-32(24-11-13-26(35-2)28(19-24)37-4)29(33)23-9-6-22(20-30)7-10-23/h6-13,18-19,31H,5,14-17H2,1-4H3. The number of ether oxygens (including phenoxy) is 4. The Kier molecular flexibility index (Phi) is 10.2. The summed E-state index contributed by atoms with van der Waals surface area (Å²) < 4.78 is 21.5. The summed E-state index contributed by atoms with van der Waals surface area (Å²) >= 11 is 0. The monoisotopic (exact) mass is 503 g/mol. The summed E-state index contributed by atoms with van der Waals surface area (Å²) in [5.74, 6) is 2.41. The van der Waals surface area contributed by atoms with E-state index in [4.69, 9.17) is 24.2 Å². The van der Waals surface area contributed by atoms with Gasteiger partial charge in [-0.2, -0.15) is 5.26 Å².